The van der Waals surface area contributed by atoms with Crippen LogP contribution in [0, 0.1) is 11.3 Å². The fraction of sp³-hybridized carbons (Fsp3) is 0.571. The number of hydrogen-bond acceptors (Lipinski definition) is 4. The molecule has 0 aliphatic rings. The Hall–Kier alpha value is -0.910. The summed E-state index contributed by atoms with van der Waals surface area (Å²) < 4.78 is 22.7. The molecule has 0 aliphatic carbocycles. The average Bonchev–Trinajstić information content (AvgIpc) is 2.27. The van der Waals surface area contributed by atoms with Crippen LogP contribution < -0.4 is 0 Å². The van der Waals surface area contributed by atoms with Crippen LogP contribution in [-0.2, 0) is 9.84 Å². The van der Waals surface area contributed by atoms with Crippen molar-refractivity contribution in [2.45, 2.75) is 31.8 Å². The lowest BCUT2D eigenvalue weighted by atomic mass is 9.76. The van der Waals surface area contributed by atoms with E-state index in [9.17, 15) is 18.6 Å². The molecule has 108 valence electrons. The van der Waals surface area contributed by atoms with Gasteiger partial charge >= 0.3 is 0 Å². The standard InChI is InChI=1S/C14H22O4S/c1-14(2,3)12(9-15)13(16)10-5-7-11(8-6-10)19(4,17)18/h5-8,12-13,15-16H,9H2,1-4H3/t12-,13-/m0/s1. The highest BCUT2D eigenvalue weighted by atomic mass is 32.2. The van der Waals surface area contributed by atoms with Crippen LogP contribution in [0.3, 0.4) is 0 Å². The number of benzene rings is 1. The van der Waals surface area contributed by atoms with E-state index in [-0.39, 0.29) is 22.8 Å². The van der Waals surface area contributed by atoms with Gasteiger partial charge in [-0.25, -0.2) is 8.42 Å². The SMILES string of the molecule is CC(C)(C)[C@@H](CO)[C@@H](O)c1ccc(S(C)(=O)=O)cc1. The molecule has 0 heterocycles. The molecule has 0 radical (unpaired) electrons. The molecule has 0 bridgehead atoms. The molecule has 2 N–H and O–H groups in total. The molecule has 0 spiro atoms. The minimum atomic E-state index is -3.23. The summed E-state index contributed by atoms with van der Waals surface area (Å²) in [5, 5.41) is 19.7. The summed E-state index contributed by atoms with van der Waals surface area (Å²) in [6.45, 7) is 5.71. The topological polar surface area (TPSA) is 74.6 Å². The van der Waals surface area contributed by atoms with Crippen molar-refractivity contribution in [2.75, 3.05) is 12.9 Å². The van der Waals surface area contributed by atoms with Gasteiger partial charge in [0.25, 0.3) is 0 Å². The van der Waals surface area contributed by atoms with Crippen LogP contribution in [0.15, 0.2) is 29.2 Å². The first-order valence-corrected chi connectivity index (χ1v) is 8.05. The van der Waals surface area contributed by atoms with Gasteiger partial charge in [0.15, 0.2) is 9.84 Å². The van der Waals surface area contributed by atoms with Gasteiger partial charge in [-0.2, -0.15) is 0 Å². The fourth-order valence-corrected chi connectivity index (χ4v) is 2.62. The van der Waals surface area contributed by atoms with Gasteiger partial charge in [0.05, 0.1) is 11.0 Å². The van der Waals surface area contributed by atoms with E-state index in [1.54, 1.807) is 12.1 Å². The van der Waals surface area contributed by atoms with Crippen LogP contribution in [0.25, 0.3) is 0 Å². The average molecular weight is 286 g/mol. The van der Waals surface area contributed by atoms with Gasteiger partial charge in [-0.15, -0.1) is 0 Å². The number of rotatable bonds is 4. The maximum absolute atomic E-state index is 11.4. The zero-order chi connectivity index (χ0) is 14.8. The van der Waals surface area contributed by atoms with E-state index in [0.717, 1.165) is 6.26 Å². The zero-order valence-electron chi connectivity index (χ0n) is 11.8. The van der Waals surface area contributed by atoms with Gasteiger partial charge in [0.1, 0.15) is 0 Å². The zero-order valence-corrected chi connectivity index (χ0v) is 12.6. The molecular weight excluding hydrogens is 264 g/mol. The maximum atomic E-state index is 11.4. The third kappa shape index (κ3) is 4.03. The molecule has 19 heavy (non-hydrogen) atoms. The Balaban J connectivity index is 3.04. The molecule has 0 unspecified atom stereocenters. The lowest BCUT2D eigenvalue weighted by Crippen LogP contribution is -2.30. The molecule has 5 heteroatoms. The predicted molar refractivity (Wildman–Crippen MR) is 74.5 cm³/mol. The highest BCUT2D eigenvalue weighted by Crippen LogP contribution is 2.36. The molecule has 1 rings (SSSR count). The first-order valence-electron chi connectivity index (χ1n) is 6.16. The van der Waals surface area contributed by atoms with Gasteiger partial charge in [-0.1, -0.05) is 32.9 Å². The van der Waals surface area contributed by atoms with Crippen molar-refractivity contribution in [3.05, 3.63) is 29.8 Å². The lowest BCUT2D eigenvalue weighted by molar-refractivity contribution is 0.00418. The van der Waals surface area contributed by atoms with Gasteiger partial charge < -0.3 is 10.2 Å². The highest BCUT2D eigenvalue weighted by Gasteiger charge is 2.31. The first kappa shape index (κ1) is 16.1. The normalized spacial score (nSPS) is 16.1. The Morgan fingerprint density at radius 2 is 1.63 bits per heavy atom. The van der Waals surface area contributed by atoms with Crippen molar-refractivity contribution < 1.29 is 18.6 Å². The van der Waals surface area contributed by atoms with E-state index in [1.165, 1.54) is 12.1 Å². The van der Waals surface area contributed by atoms with Gasteiger partial charge in [0.2, 0.25) is 0 Å². The molecule has 0 aromatic heterocycles. The summed E-state index contributed by atoms with van der Waals surface area (Å²) in [7, 11) is -3.23. The Morgan fingerprint density at radius 3 is 1.95 bits per heavy atom. The molecule has 0 fully saturated rings. The van der Waals surface area contributed by atoms with Crippen molar-refractivity contribution in [1.82, 2.24) is 0 Å². The van der Waals surface area contributed by atoms with Crippen LogP contribution in [0.5, 0.6) is 0 Å². The monoisotopic (exact) mass is 286 g/mol. The van der Waals surface area contributed by atoms with E-state index >= 15 is 0 Å². The third-order valence-electron chi connectivity index (χ3n) is 3.34. The minimum absolute atomic E-state index is 0.126. The second-order valence-corrected chi connectivity index (χ2v) is 7.96. The van der Waals surface area contributed by atoms with E-state index in [0.29, 0.717) is 5.56 Å². The largest absolute Gasteiger partial charge is 0.396 e. The fourth-order valence-electron chi connectivity index (χ4n) is 1.99. The third-order valence-corrected chi connectivity index (χ3v) is 4.47. The van der Waals surface area contributed by atoms with Crippen molar-refractivity contribution in [3.8, 4) is 0 Å². The molecule has 1 aromatic carbocycles. The van der Waals surface area contributed by atoms with Crippen LogP contribution in [0.2, 0.25) is 0 Å². The van der Waals surface area contributed by atoms with Crippen LogP contribution in [0.1, 0.15) is 32.4 Å². The van der Waals surface area contributed by atoms with Gasteiger partial charge in [0, 0.05) is 18.8 Å². The van der Waals surface area contributed by atoms with E-state index < -0.39 is 15.9 Å². The Bertz CT molecular complexity index is 511. The van der Waals surface area contributed by atoms with Crippen molar-refractivity contribution in [3.63, 3.8) is 0 Å². The van der Waals surface area contributed by atoms with E-state index in [2.05, 4.69) is 0 Å². The second-order valence-electron chi connectivity index (χ2n) is 5.94. The van der Waals surface area contributed by atoms with Gasteiger partial charge in [-0.3, -0.25) is 0 Å². The summed E-state index contributed by atoms with van der Waals surface area (Å²) in [4.78, 5) is 0.222. The van der Waals surface area contributed by atoms with Crippen molar-refractivity contribution >= 4 is 9.84 Å². The summed E-state index contributed by atoms with van der Waals surface area (Å²) in [5.41, 5.74) is 0.366. The number of hydrogen-bond donors (Lipinski definition) is 2. The summed E-state index contributed by atoms with van der Waals surface area (Å²) in [6.07, 6.45) is 0.322. The summed E-state index contributed by atoms with van der Waals surface area (Å²) in [6, 6.07) is 6.14. The molecular formula is C14H22O4S. The van der Waals surface area contributed by atoms with Crippen molar-refractivity contribution in [1.29, 1.82) is 0 Å². The van der Waals surface area contributed by atoms with Gasteiger partial charge in [-0.05, 0) is 23.1 Å². The molecule has 1 aromatic rings. The molecule has 4 nitrogen and oxygen atoms in total. The molecule has 0 aliphatic heterocycles. The summed E-state index contributed by atoms with van der Waals surface area (Å²) in [5.74, 6) is -0.309. The molecule has 2 atom stereocenters. The van der Waals surface area contributed by atoms with Crippen molar-refractivity contribution in [2.24, 2.45) is 11.3 Å². The first-order chi connectivity index (χ1) is 8.57. The van der Waals surface area contributed by atoms with E-state index in [1.807, 2.05) is 20.8 Å². The Kier molecular flexibility index (Phi) is 4.76. The maximum Gasteiger partial charge on any atom is 0.175 e. The van der Waals surface area contributed by atoms with E-state index in [4.69, 9.17) is 0 Å². The number of aliphatic hydroxyl groups is 2. The van der Waals surface area contributed by atoms with Crippen LogP contribution in [0.4, 0.5) is 0 Å². The molecule has 0 saturated heterocycles. The number of sulfone groups is 1. The predicted octanol–water partition coefficient (Wildman–Crippen LogP) is 1.78. The smallest absolute Gasteiger partial charge is 0.175 e. The number of aliphatic hydroxyl groups excluding tert-OH is 2. The Labute approximate surface area is 115 Å². The second kappa shape index (κ2) is 5.61. The van der Waals surface area contributed by atoms with Crippen LogP contribution >= 0.6 is 0 Å². The highest BCUT2D eigenvalue weighted by molar-refractivity contribution is 7.90. The molecule has 0 amide bonds. The summed E-state index contributed by atoms with van der Waals surface area (Å²) >= 11 is 0. The Morgan fingerprint density at radius 1 is 1.16 bits per heavy atom. The quantitative estimate of drug-likeness (QED) is 0.884. The molecule has 0 saturated carbocycles. The minimum Gasteiger partial charge on any atom is -0.396 e. The lowest BCUT2D eigenvalue weighted by Gasteiger charge is -2.33. The van der Waals surface area contributed by atoms with Crippen LogP contribution in [-0.4, -0.2) is 31.5 Å².